The number of carboxylic acid groups (broad SMARTS) is 1. The van der Waals surface area contributed by atoms with Crippen LogP contribution >= 0.6 is 0 Å². The highest BCUT2D eigenvalue weighted by Gasteiger charge is 2.50. The molecule has 2 fully saturated rings. The van der Waals surface area contributed by atoms with Gasteiger partial charge in [0.15, 0.2) is 24.8 Å². The lowest BCUT2D eigenvalue weighted by Gasteiger charge is -2.44. The number of methoxy groups -OCH3 is 2. The Morgan fingerprint density at radius 3 is 1.87 bits per heavy atom. The van der Waals surface area contributed by atoms with Crippen molar-refractivity contribution < 1.29 is 82.6 Å². The lowest BCUT2D eigenvalue weighted by atomic mass is 9.98. The minimum Gasteiger partial charge on any atom is -0.480 e. The first-order valence-electron chi connectivity index (χ1n) is 15.3. The topological polar surface area (TPSA) is 267 Å². The average Bonchev–Trinajstić information content (AvgIpc) is 3.02. The van der Waals surface area contributed by atoms with Crippen molar-refractivity contribution in [3.63, 3.8) is 0 Å². The minimum atomic E-state index is -1.83. The summed E-state index contributed by atoms with van der Waals surface area (Å²) in [6.45, 7) is 4.03. The summed E-state index contributed by atoms with van der Waals surface area (Å²) in [7, 11) is 2.49. The normalized spacial score (nSPS) is 32.0. The second kappa shape index (κ2) is 19.8. The summed E-state index contributed by atoms with van der Waals surface area (Å²) >= 11 is 0. The summed E-state index contributed by atoms with van der Waals surface area (Å²) in [5.41, 5.74) is 0. The number of aliphatic hydroxyl groups excluding tert-OH is 4. The van der Waals surface area contributed by atoms with E-state index < -0.39 is 104 Å². The van der Waals surface area contributed by atoms with Crippen LogP contribution in [-0.2, 0) is 47.5 Å². The van der Waals surface area contributed by atoms with E-state index in [1.165, 1.54) is 21.1 Å². The summed E-state index contributed by atoms with van der Waals surface area (Å²) in [5, 5.41) is 56.7. The van der Waals surface area contributed by atoms with Gasteiger partial charge in [-0.15, -0.1) is 0 Å². The van der Waals surface area contributed by atoms with E-state index in [2.05, 4.69) is 5.32 Å². The van der Waals surface area contributed by atoms with Crippen LogP contribution in [0.3, 0.4) is 0 Å². The summed E-state index contributed by atoms with van der Waals surface area (Å²) < 4.78 is 42.4. The number of hydrogen-bond donors (Lipinski definition) is 7. The van der Waals surface area contributed by atoms with Gasteiger partial charge in [-0.25, -0.2) is 14.4 Å². The van der Waals surface area contributed by atoms with Gasteiger partial charge in [0.2, 0.25) is 0 Å². The number of carbonyl (C=O) groups is 4. The maximum Gasteiger partial charge on any atom is 0.408 e. The fourth-order valence-corrected chi connectivity index (χ4v) is 4.83. The third kappa shape index (κ3) is 11.6. The molecule has 0 bridgehead atoms. The highest BCUT2D eigenvalue weighted by molar-refractivity contribution is 5.81. The molecule has 2 aliphatic rings. The van der Waals surface area contributed by atoms with E-state index in [0.29, 0.717) is 6.42 Å². The number of rotatable bonds is 17. The van der Waals surface area contributed by atoms with E-state index in [1.807, 2.05) is 12.2 Å². The van der Waals surface area contributed by atoms with Crippen LogP contribution in [0.5, 0.6) is 0 Å². The van der Waals surface area contributed by atoms with Crippen molar-refractivity contribution in [3.8, 4) is 0 Å². The SMILES string of the molecule is CCCCC[C@H](NC(=O)OC1[C@H](O)C(CO[C@@H]2OC(COC)[C@@H](O)C(OC(=O)NC(C)C(=O)O)[C@@H]2O)O[C@H](OC)[C@H]1O)C(=O)OCC. The van der Waals surface area contributed by atoms with Gasteiger partial charge in [-0.3, -0.25) is 4.79 Å². The van der Waals surface area contributed by atoms with E-state index in [0.717, 1.165) is 12.8 Å². The van der Waals surface area contributed by atoms with Crippen molar-refractivity contribution in [3.05, 3.63) is 0 Å². The van der Waals surface area contributed by atoms with Crippen LogP contribution in [-0.4, -0.2) is 157 Å². The standard InChI is InChI=1S/C28H48N2O17/c1-6-8-9-10-14(24(37)42-7-2)30-28(39)47-21-18(32)16(44-25(41-5)19(21)33)12-43-26-20(34)22(17(31)15(45-26)11-40-4)46-27(38)29-13(3)23(35)36/h13-22,25-26,31-34H,6-12H2,1-5H3,(H,29,38)(H,30,39)(H,35,36)/t13?,14-,15?,16?,17+,18+,19-,20-,21?,22?,25-,26+/m0/s1. The van der Waals surface area contributed by atoms with Gasteiger partial charge >= 0.3 is 24.1 Å². The Morgan fingerprint density at radius 2 is 1.34 bits per heavy atom. The van der Waals surface area contributed by atoms with Gasteiger partial charge in [-0.1, -0.05) is 26.2 Å². The van der Waals surface area contributed by atoms with Crippen molar-refractivity contribution >= 4 is 24.1 Å². The number of aliphatic carboxylic acids is 1. The molecule has 2 saturated heterocycles. The Labute approximate surface area is 271 Å². The third-order valence-corrected chi connectivity index (χ3v) is 7.42. The van der Waals surface area contributed by atoms with Crippen LogP contribution in [0.1, 0.15) is 46.5 Å². The quantitative estimate of drug-likeness (QED) is 0.0514. The van der Waals surface area contributed by atoms with Gasteiger partial charge in [0.05, 0.1) is 19.8 Å². The Hall–Kier alpha value is -2.88. The first-order valence-corrected chi connectivity index (χ1v) is 15.3. The molecule has 2 heterocycles. The monoisotopic (exact) mass is 684 g/mol. The second-order valence-electron chi connectivity index (χ2n) is 11.0. The Bertz CT molecular complexity index is 1000. The molecule has 2 amide bonds. The molecular formula is C28H48N2O17. The molecule has 0 aromatic heterocycles. The summed E-state index contributed by atoms with van der Waals surface area (Å²) in [6, 6.07) is -2.38. The number of unbranched alkanes of at least 4 members (excludes halogenated alkanes) is 2. The molecule has 0 aliphatic carbocycles. The Kier molecular flexibility index (Phi) is 17.0. The predicted octanol–water partition coefficient (Wildman–Crippen LogP) is -1.64. The number of carbonyl (C=O) groups excluding carboxylic acids is 3. The number of esters is 1. The molecule has 272 valence electrons. The van der Waals surface area contributed by atoms with Crippen LogP contribution in [0.4, 0.5) is 9.59 Å². The molecule has 0 aromatic rings. The summed E-state index contributed by atoms with van der Waals surface area (Å²) in [5.74, 6) is -2.03. The van der Waals surface area contributed by atoms with Gasteiger partial charge in [-0.2, -0.15) is 0 Å². The van der Waals surface area contributed by atoms with E-state index >= 15 is 0 Å². The average molecular weight is 685 g/mol. The fourth-order valence-electron chi connectivity index (χ4n) is 4.83. The van der Waals surface area contributed by atoms with Gasteiger partial charge in [-0.05, 0) is 20.3 Å². The lowest BCUT2D eigenvalue weighted by Crippen LogP contribution is -2.63. The molecule has 2 aliphatic heterocycles. The second-order valence-corrected chi connectivity index (χ2v) is 11.0. The van der Waals surface area contributed by atoms with E-state index in [1.54, 1.807) is 6.92 Å². The molecule has 0 aromatic carbocycles. The maximum absolute atomic E-state index is 12.8. The largest absolute Gasteiger partial charge is 0.480 e. The number of alkyl carbamates (subject to hydrolysis) is 2. The Balaban J connectivity index is 2.14. The molecule has 5 unspecified atom stereocenters. The molecule has 0 saturated carbocycles. The number of amides is 2. The molecular weight excluding hydrogens is 636 g/mol. The molecule has 7 N–H and O–H groups in total. The van der Waals surface area contributed by atoms with Gasteiger partial charge in [0, 0.05) is 14.2 Å². The molecule has 19 nitrogen and oxygen atoms in total. The highest BCUT2D eigenvalue weighted by Crippen LogP contribution is 2.28. The maximum atomic E-state index is 12.8. The van der Waals surface area contributed by atoms with Crippen molar-refractivity contribution in [1.29, 1.82) is 0 Å². The number of nitrogens with one attached hydrogen (secondary N) is 2. The smallest absolute Gasteiger partial charge is 0.408 e. The first kappa shape index (κ1) is 40.3. The molecule has 0 spiro atoms. The van der Waals surface area contributed by atoms with Crippen molar-refractivity contribution in [2.75, 3.05) is 34.0 Å². The minimum absolute atomic E-state index is 0.0863. The van der Waals surface area contributed by atoms with E-state index in [9.17, 15) is 39.6 Å². The molecule has 19 heteroatoms. The van der Waals surface area contributed by atoms with Crippen molar-refractivity contribution in [2.24, 2.45) is 0 Å². The highest BCUT2D eigenvalue weighted by atomic mass is 16.7. The van der Waals surface area contributed by atoms with Crippen LogP contribution in [0, 0.1) is 0 Å². The zero-order chi connectivity index (χ0) is 35.3. The molecule has 2 rings (SSSR count). The van der Waals surface area contributed by atoms with Crippen LogP contribution in [0.25, 0.3) is 0 Å². The fraction of sp³-hybridized carbons (Fsp3) is 0.857. The molecule has 0 radical (unpaired) electrons. The summed E-state index contributed by atoms with van der Waals surface area (Å²) in [4.78, 5) is 48.5. The molecule has 12 atom stereocenters. The van der Waals surface area contributed by atoms with E-state index in [4.69, 9.17) is 43.0 Å². The van der Waals surface area contributed by atoms with Crippen LogP contribution < -0.4 is 10.6 Å². The third-order valence-electron chi connectivity index (χ3n) is 7.42. The number of aliphatic hydroxyl groups is 4. The lowest BCUT2D eigenvalue weighted by molar-refractivity contribution is -0.328. The zero-order valence-electron chi connectivity index (χ0n) is 27.0. The van der Waals surface area contributed by atoms with Crippen molar-refractivity contribution in [1.82, 2.24) is 10.6 Å². The van der Waals surface area contributed by atoms with Crippen LogP contribution in [0.2, 0.25) is 0 Å². The predicted molar refractivity (Wildman–Crippen MR) is 155 cm³/mol. The summed E-state index contributed by atoms with van der Waals surface area (Å²) in [6.07, 6.45) is -15.6. The van der Waals surface area contributed by atoms with Crippen LogP contribution in [0.15, 0.2) is 0 Å². The van der Waals surface area contributed by atoms with Crippen molar-refractivity contribution in [2.45, 2.75) is 120 Å². The number of hydrogen-bond acceptors (Lipinski definition) is 16. The van der Waals surface area contributed by atoms with Gasteiger partial charge in [0.1, 0.15) is 48.7 Å². The molecule has 47 heavy (non-hydrogen) atoms. The Morgan fingerprint density at radius 1 is 0.787 bits per heavy atom. The van der Waals surface area contributed by atoms with Gasteiger partial charge < -0.3 is 74.1 Å². The number of ether oxygens (including phenoxy) is 8. The van der Waals surface area contributed by atoms with E-state index in [-0.39, 0.29) is 19.6 Å². The zero-order valence-corrected chi connectivity index (χ0v) is 27.0. The first-order chi connectivity index (χ1) is 22.3. The van der Waals surface area contributed by atoms with Gasteiger partial charge in [0.25, 0.3) is 0 Å². The number of carboxylic acids is 1.